The monoisotopic (exact) mass is 341 g/mol. The summed E-state index contributed by atoms with van der Waals surface area (Å²) in [5.41, 5.74) is 5.89. The molecule has 0 aromatic carbocycles. The van der Waals surface area contributed by atoms with E-state index in [4.69, 9.17) is 5.73 Å². The minimum atomic E-state index is -0.473. The first-order valence-corrected chi connectivity index (χ1v) is 8.06. The average Bonchev–Trinajstić information content (AvgIpc) is 2.63. The zero-order valence-electron chi connectivity index (χ0n) is 14.0. The minimum Gasteiger partial charge on any atom is -0.437 e. The van der Waals surface area contributed by atoms with E-state index in [2.05, 4.69) is 20.3 Å². The molecule has 0 unspecified atom stereocenters. The fraction of sp³-hybridized carbons (Fsp3) is 0.333. The second-order valence-electron chi connectivity index (χ2n) is 5.79. The highest BCUT2D eigenvalue weighted by Crippen LogP contribution is 2.17. The van der Waals surface area contributed by atoms with E-state index in [0.717, 1.165) is 0 Å². The van der Waals surface area contributed by atoms with Crippen molar-refractivity contribution in [2.45, 2.75) is 6.82 Å². The standard InChI is InChI=1S/C15H20BN7O2/c1-16(25)23-8-6-22(7-9-23)12-10-19-14(17)13(21-12)15(24)20-11-4-2-3-5-18-11/h2-5,10,25H,6-9H2,1H3,(H2,17,19)(H,18,20,24). The fourth-order valence-corrected chi connectivity index (χ4v) is 2.65. The Hall–Kier alpha value is -2.72. The maximum absolute atomic E-state index is 12.4. The van der Waals surface area contributed by atoms with Crippen LogP contribution in [0.4, 0.5) is 17.5 Å². The van der Waals surface area contributed by atoms with Crippen LogP contribution >= 0.6 is 0 Å². The van der Waals surface area contributed by atoms with Gasteiger partial charge in [-0.2, -0.15) is 0 Å². The quantitative estimate of drug-likeness (QED) is 0.662. The molecule has 1 fully saturated rings. The Bertz CT molecular complexity index is 736. The third kappa shape index (κ3) is 4.04. The van der Waals surface area contributed by atoms with Crippen molar-refractivity contribution in [3.05, 3.63) is 36.3 Å². The number of amides is 1. The van der Waals surface area contributed by atoms with Crippen molar-refractivity contribution in [2.24, 2.45) is 0 Å². The summed E-state index contributed by atoms with van der Waals surface area (Å²) in [7, 11) is -0.473. The first-order valence-electron chi connectivity index (χ1n) is 8.06. The van der Waals surface area contributed by atoms with E-state index in [0.29, 0.717) is 37.8 Å². The van der Waals surface area contributed by atoms with Crippen LogP contribution in [0, 0.1) is 0 Å². The number of hydrogen-bond donors (Lipinski definition) is 3. The van der Waals surface area contributed by atoms with Gasteiger partial charge in [-0.3, -0.25) is 4.79 Å². The molecule has 9 nitrogen and oxygen atoms in total. The molecule has 2 aromatic rings. The van der Waals surface area contributed by atoms with Gasteiger partial charge in [0.2, 0.25) is 0 Å². The predicted molar refractivity (Wildman–Crippen MR) is 96.3 cm³/mol. The number of anilines is 3. The summed E-state index contributed by atoms with van der Waals surface area (Å²) in [6.45, 7) is 4.53. The van der Waals surface area contributed by atoms with Crippen molar-refractivity contribution in [2.75, 3.05) is 42.1 Å². The number of nitrogens with zero attached hydrogens (tertiary/aromatic N) is 5. The van der Waals surface area contributed by atoms with Gasteiger partial charge in [0, 0.05) is 32.4 Å². The Kier molecular flexibility index (Phi) is 5.10. The van der Waals surface area contributed by atoms with Crippen LogP contribution in [0.25, 0.3) is 0 Å². The first kappa shape index (κ1) is 17.1. The topological polar surface area (TPSA) is 120 Å². The van der Waals surface area contributed by atoms with E-state index >= 15 is 0 Å². The summed E-state index contributed by atoms with van der Waals surface area (Å²) in [5, 5.41) is 12.3. The molecule has 4 N–H and O–H groups in total. The van der Waals surface area contributed by atoms with Gasteiger partial charge in [0.1, 0.15) is 11.6 Å². The Morgan fingerprint density at radius 3 is 2.68 bits per heavy atom. The number of carbonyl (C=O) groups is 1. The van der Waals surface area contributed by atoms with Gasteiger partial charge in [0.25, 0.3) is 5.91 Å². The Morgan fingerprint density at radius 2 is 2.04 bits per heavy atom. The zero-order valence-corrected chi connectivity index (χ0v) is 14.0. The predicted octanol–water partition coefficient (Wildman–Crippen LogP) is -0.0616. The van der Waals surface area contributed by atoms with E-state index in [9.17, 15) is 9.82 Å². The zero-order chi connectivity index (χ0) is 17.8. The number of nitrogens with one attached hydrogen (secondary N) is 1. The second kappa shape index (κ2) is 7.45. The number of nitrogen functional groups attached to an aromatic ring is 1. The summed E-state index contributed by atoms with van der Waals surface area (Å²) >= 11 is 0. The molecule has 2 aromatic heterocycles. The number of pyridine rings is 1. The number of piperazine rings is 1. The van der Waals surface area contributed by atoms with Crippen LogP contribution in [0.3, 0.4) is 0 Å². The minimum absolute atomic E-state index is 0.0693. The second-order valence-corrected chi connectivity index (χ2v) is 5.79. The van der Waals surface area contributed by atoms with Crippen LogP contribution in [0.5, 0.6) is 0 Å². The molecule has 0 atom stereocenters. The van der Waals surface area contributed by atoms with Crippen LogP contribution in [-0.4, -0.2) is 63.9 Å². The SMILES string of the molecule is CB(O)N1CCN(c2cnc(N)c(C(=O)Nc3ccccn3)n2)CC1. The first-order chi connectivity index (χ1) is 12.0. The number of rotatable bonds is 4. The summed E-state index contributed by atoms with van der Waals surface area (Å²) in [4.78, 5) is 28.9. The molecule has 0 spiro atoms. The molecule has 0 bridgehead atoms. The molecule has 0 saturated carbocycles. The maximum Gasteiger partial charge on any atom is 0.376 e. The van der Waals surface area contributed by atoms with E-state index < -0.39 is 13.0 Å². The molecule has 25 heavy (non-hydrogen) atoms. The van der Waals surface area contributed by atoms with Crippen LogP contribution in [0.1, 0.15) is 10.5 Å². The van der Waals surface area contributed by atoms with Crippen molar-refractivity contribution in [1.29, 1.82) is 0 Å². The molecular formula is C15H20BN7O2. The van der Waals surface area contributed by atoms with E-state index in [-0.39, 0.29) is 11.5 Å². The van der Waals surface area contributed by atoms with Gasteiger partial charge in [-0.15, -0.1) is 0 Å². The molecule has 0 radical (unpaired) electrons. The molecule has 1 aliphatic heterocycles. The summed E-state index contributed by atoms with van der Waals surface area (Å²) in [6.07, 6.45) is 3.15. The molecule has 3 heterocycles. The molecular weight excluding hydrogens is 321 g/mol. The summed E-state index contributed by atoms with van der Waals surface area (Å²) < 4.78 is 0. The smallest absolute Gasteiger partial charge is 0.376 e. The van der Waals surface area contributed by atoms with Gasteiger partial charge in [0.05, 0.1) is 6.20 Å². The molecule has 130 valence electrons. The van der Waals surface area contributed by atoms with E-state index in [1.54, 1.807) is 37.4 Å². The number of carbonyl (C=O) groups excluding carboxylic acids is 1. The molecule has 1 saturated heterocycles. The maximum atomic E-state index is 12.4. The highest BCUT2D eigenvalue weighted by atomic mass is 16.2. The third-order valence-electron chi connectivity index (χ3n) is 4.08. The molecule has 1 amide bonds. The molecule has 0 aliphatic carbocycles. The van der Waals surface area contributed by atoms with Crippen molar-refractivity contribution < 1.29 is 9.82 Å². The average molecular weight is 341 g/mol. The highest BCUT2D eigenvalue weighted by molar-refractivity contribution is 6.45. The Morgan fingerprint density at radius 1 is 1.28 bits per heavy atom. The van der Waals surface area contributed by atoms with Gasteiger partial charge in [0.15, 0.2) is 11.5 Å². The van der Waals surface area contributed by atoms with Gasteiger partial charge < -0.3 is 25.8 Å². The third-order valence-corrected chi connectivity index (χ3v) is 4.08. The van der Waals surface area contributed by atoms with Crippen LogP contribution in [0.15, 0.2) is 30.6 Å². The molecule has 10 heteroatoms. The van der Waals surface area contributed by atoms with Gasteiger partial charge in [-0.1, -0.05) is 6.07 Å². The van der Waals surface area contributed by atoms with Crippen molar-refractivity contribution in [1.82, 2.24) is 19.8 Å². The lowest BCUT2D eigenvalue weighted by atomic mass is 9.84. The summed E-state index contributed by atoms with van der Waals surface area (Å²) in [5.74, 6) is 0.628. The van der Waals surface area contributed by atoms with Gasteiger partial charge in [-0.25, -0.2) is 15.0 Å². The van der Waals surface area contributed by atoms with Gasteiger partial charge in [-0.05, 0) is 19.0 Å². The van der Waals surface area contributed by atoms with Crippen LogP contribution in [-0.2, 0) is 0 Å². The van der Waals surface area contributed by atoms with Crippen molar-refractivity contribution >= 4 is 30.4 Å². The fourth-order valence-electron chi connectivity index (χ4n) is 2.65. The number of nitrogens with two attached hydrogens (primary N) is 1. The van der Waals surface area contributed by atoms with Crippen LogP contribution < -0.4 is 16.0 Å². The normalized spacial score (nSPS) is 15.0. The molecule has 3 rings (SSSR count). The number of hydrogen-bond acceptors (Lipinski definition) is 8. The lowest BCUT2D eigenvalue weighted by Gasteiger charge is -2.35. The van der Waals surface area contributed by atoms with Crippen molar-refractivity contribution in [3.8, 4) is 0 Å². The summed E-state index contributed by atoms with van der Waals surface area (Å²) in [6, 6.07) is 5.22. The van der Waals surface area contributed by atoms with Crippen LogP contribution in [0.2, 0.25) is 6.82 Å². The lowest BCUT2D eigenvalue weighted by molar-refractivity contribution is 0.102. The van der Waals surface area contributed by atoms with Crippen molar-refractivity contribution in [3.63, 3.8) is 0 Å². The largest absolute Gasteiger partial charge is 0.437 e. The Labute approximate surface area is 146 Å². The van der Waals surface area contributed by atoms with E-state index in [1.807, 2.05) is 9.71 Å². The Balaban J connectivity index is 1.73. The highest BCUT2D eigenvalue weighted by Gasteiger charge is 2.24. The van der Waals surface area contributed by atoms with E-state index in [1.165, 1.54) is 0 Å². The lowest BCUT2D eigenvalue weighted by Crippen LogP contribution is -2.51. The van der Waals surface area contributed by atoms with Gasteiger partial charge >= 0.3 is 7.05 Å². The number of aromatic nitrogens is 3. The molecule has 1 aliphatic rings.